The molecule has 3 heterocycles. The van der Waals surface area contributed by atoms with Gasteiger partial charge in [0.1, 0.15) is 30.2 Å². The van der Waals surface area contributed by atoms with E-state index in [1.54, 1.807) is 0 Å². The van der Waals surface area contributed by atoms with Crippen molar-refractivity contribution in [1.82, 2.24) is 0 Å². The molecule has 3 saturated heterocycles. The van der Waals surface area contributed by atoms with Crippen molar-refractivity contribution in [3.05, 3.63) is 29.8 Å². The highest BCUT2D eigenvalue weighted by atomic mass is 16.9. The lowest BCUT2D eigenvalue weighted by molar-refractivity contribution is -0.263. The summed E-state index contributed by atoms with van der Waals surface area (Å²) in [5.74, 6) is -0.0793. The lowest BCUT2D eigenvalue weighted by Gasteiger charge is -2.35. The molecule has 1 unspecified atom stereocenters. The Morgan fingerprint density at radius 3 is 2.26 bits per heavy atom. The third-order valence-electron chi connectivity index (χ3n) is 8.20. The van der Waals surface area contributed by atoms with E-state index in [0.717, 1.165) is 75.7 Å². The van der Waals surface area contributed by atoms with Crippen LogP contribution in [0.4, 0.5) is 0 Å². The van der Waals surface area contributed by atoms with Gasteiger partial charge in [0.15, 0.2) is 17.9 Å². The van der Waals surface area contributed by atoms with E-state index in [2.05, 4.69) is 19.1 Å². The molecule has 7 heteroatoms. The molecule has 3 aliphatic heterocycles. The zero-order valence-corrected chi connectivity index (χ0v) is 21.0. The van der Waals surface area contributed by atoms with E-state index in [1.807, 2.05) is 12.1 Å². The Morgan fingerprint density at radius 2 is 1.54 bits per heavy atom. The Labute approximate surface area is 208 Å². The molecule has 1 aromatic carbocycles. The first-order chi connectivity index (χ1) is 17.2. The van der Waals surface area contributed by atoms with E-state index >= 15 is 0 Å². The van der Waals surface area contributed by atoms with Gasteiger partial charge in [-0.25, -0.2) is 0 Å². The molecule has 5 atom stereocenters. The third kappa shape index (κ3) is 5.00. The number of hydrogen-bond acceptors (Lipinski definition) is 7. The third-order valence-corrected chi connectivity index (χ3v) is 8.20. The number of fused-ring (bicyclic) bond motifs is 1. The van der Waals surface area contributed by atoms with E-state index in [1.165, 1.54) is 12.8 Å². The minimum Gasteiger partial charge on any atom is -0.494 e. The van der Waals surface area contributed by atoms with Crippen molar-refractivity contribution < 1.29 is 33.2 Å². The molecular weight excluding hydrogens is 448 g/mol. The van der Waals surface area contributed by atoms with E-state index in [9.17, 15) is 0 Å². The maximum Gasteiger partial charge on any atom is 0.190 e. The van der Waals surface area contributed by atoms with Crippen molar-refractivity contribution >= 4 is 0 Å². The predicted molar refractivity (Wildman–Crippen MR) is 128 cm³/mol. The largest absolute Gasteiger partial charge is 0.494 e. The summed E-state index contributed by atoms with van der Waals surface area (Å²) in [6, 6.07) is 8.14. The molecule has 194 valence electrons. The van der Waals surface area contributed by atoms with Crippen molar-refractivity contribution in [3.8, 4) is 5.75 Å². The second-order valence-corrected chi connectivity index (χ2v) is 10.8. The predicted octanol–water partition coefficient (Wildman–Crippen LogP) is 5.24. The van der Waals surface area contributed by atoms with Gasteiger partial charge in [-0.1, -0.05) is 31.9 Å². The van der Waals surface area contributed by atoms with Crippen molar-refractivity contribution in [3.63, 3.8) is 0 Å². The minimum absolute atomic E-state index is 0.178. The summed E-state index contributed by atoms with van der Waals surface area (Å²) in [4.78, 5) is 0. The summed E-state index contributed by atoms with van der Waals surface area (Å²) in [5, 5.41) is 0. The molecule has 0 aromatic heterocycles. The summed E-state index contributed by atoms with van der Waals surface area (Å²) in [6.07, 6.45) is 10.4. The van der Waals surface area contributed by atoms with Gasteiger partial charge in [0, 0.05) is 25.7 Å². The molecule has 7 nitrogen and oxygen atoms in total. The van der Waals surface area contributed by atoms with Crippen LogP contribution in [0.5, 0.6) is 5.75 Å². The van der Waals surface area contributed by atoms with Gasteiger partial charge in [-0.3, -0.25) is 0 Å². The summed E-state index contributed by atoms with van der Waals surface area (Å²) in [5.41, 5.74) is 1.09. The quantitative estimate of drug-likeness (QED) is 0.520. The Kier molecular flexibility index (Phi) is 7.08. The molecule has 2 spiro atoms. The molecule has 2 saturated carbocycles. The van der Waals surface area contributed by atoms with Crippen LogP contribution >= 0.6 is 0 Å². The van der Waals surface area contributed by atoms with Crippen molar-refractivity contribution in [2.24, 2.45) is 0 Å². The summed E-state index contributed by atoms with van der Waals surface area (Å²) >= 11 is 0. The van der Waals surface area contributed by atoms with Gasteiger partial charge in [0.2, 0.25) is 0 Å². The first kappa shape index (κ1) is 24.1. The normalized spacial score (nSPS) is 35.5. The SMILES string of the molecule is CCCOc1ccc(CO[C@@H]2[C@H]3OC4(CCCCC4)O[C@H]3O[C@@H]2C2COC3(CCCCC3)O2)cc1. The van der Waals surface area contributed by atoms with E-state index in [4.69, 9.17) is 33.2 Å². The van der Waals surface area contributed by atoms with Crippen molar-refractivity contribution in [2.75, 3.05) is 13.2 Å². The van der Waals surface area contributed by atoms with Crippen LogP contribution in [0.25, 0.3) is 0 Å². The molecule has 6 rings (SSSR count). The topological polar surface area (TPSA) is 64.6 Å². The lowest BCUT2D eigenvalue weighted by atomic mass is 9.94. The van der Waals surface area contributed by atoms with Crippen LogP contribution in [0.15, 0.2) is 24.3 Å². The van der Waals surface area contributed by atoms with Crippen molar-refractivity contribution in [2.45, 2.75) is 126 Å². The van der Waals surface area contributed by atoms with Gasteiger partial charge in [0.05, 0.1) is 19.8 Å². The molecule has 1 aromatic rings. The number of benzene rings is 1. The number of ether oxygens (including phenoxy) is 7. The van der Waals surface area contributed by atoms with Gasteiger partial charge in [-0.15, -0.1) is 0 Å². The lowest BCUT2D eigenvalue weighted by Crippen LogP contribution is -2.45. The van der Waals surface area contributed by atoms with Gasteiger partial charge in [-0.05, 0) is 49.8 Å². The van der Waals surface area contributed by atoms with Crippen LogP contribution in [0.1, 0.15) is 83.1 Å². The zero-order valence-electron chi connectivity index (χ0n) is 21.0. The Morgan fingerprint density at radius 1 is 0.829 bits per heavy atom. The van der Waals surface area contributed by atoms with Gasteiger partial charge in [-0.2, -0.15) is 0 Å². The first-order valence-electron chi connectivity index (χ1n) is 13.8. The fraction of sp³-hybridized carbons (Fsp3) is 0.786. The molecule has 0 bridgehead atoms. The summed E-state index contributed by atoms with van der Waals surface area (Å²) in [7, 11) is 0. The van der Waals surface area contributed by atoms with E-state index in [0.29, 0.717) is 13.2 Å². The zero-order chi connectivity index (χ0) is 23.7. The average molecular weight is 489 g/mol. The highest BCUT2D eigenvalue weighted by Gasteiger charge is 2.61. The maximum absolute atomic E-state index is 6.62. The Bertz CT molecular complexity index is 830. The van der Waals surface area contributed by atoms with Gasteiger partial charge in [0.25, 0.3) is 0 Å². The first-order valence-corrected chi connectivity index (χ1v) is 13.8. The molecular formula is C28H40O7. The van der Waals surface area contributed by atoms with Crippen molar-refractivity contribution in [1.29, 1.82) is 0 Å². The van der Waals surface area contributed by atoms with E-state index in [-0.39, 0.29) is 24.4 Å². The van der Waals surface area contributed by atoms with Crippen LogP contribution < -0.4 is 4.74 Å². The van der Waals surface area contributed by atoms with Gasteiger partial charge < -0.3 is 33.2 Å². The monoisotopic (exact) mass is 488 g/mol. The number of hydrogen-bond donors (Lipinski definition) is 0. The Balaban J connectivity index is 1.15. The smallest absolute Gasteiger partial charge is 0.190 e. The van der Waals surface area contributed by atoms with Gasteiger partial charge >= 0.3 is 0 Å². The Hall–Kier alpha value is -1.22. The van der Waals surface area contributed by atoms with Crippen LogP contribution in [0.2, 0.25) is 0 Å². The van der Waals surface area contributed by atoms with Crippen LogP contribution in [-0.2, 0) is 35.0 Å². The molecule has 0 N–H and O–H groups in total. The summed E-state index contributed by atoms with van der Waals surface area (Å²) in [6.45, 7) is 3.83. The molecule has 0 amide bonds. The van der Waals surface area contributed by atoms with Crippen LogP contribution in [-0.4, -0.2) is 55.5 Å². The van der Waals surface area contributed by atoms with E-state index < -0.39 is 17.9 Å². The minimum atomic E-state index is -0.518. The maximum atomic E-state index is 6.62. The molecule has 35 heavy (non-hydrogen) atoms. The fourth-order valence-corrected chi connectivity index (χ4v) is 6.36. The molecule has 2 aliphatic carbocycles. The van der Waals surface area contributed by atoms with Crippen LogP contribution in [0, 0.1) is 0 Å². The standard InChI is InChI=1S/C28H40O7/c1-2-17-29-21-11-9-20(10-12-21)18-30-24-23(22-19-31-27(33-22)13-5-3-6-14-27)32-26-25(24)34-28(35-26)15-7-4-8-16-28/h9-12,22-26H,2-8,13-19H2,1H3/t22?,23-,24+,25-,26-/m1/s1. The van der Waals surface area contributed by atoms with Crippen LogP contribution in [0.3, 0.4) is 0 Å². The molecule has 5 fully saturated rings. The molecule has 5 aliphatic rings. The highest BCUT2D eigenvalue weighted by molar-refractivity contribution is 5.27. The number of rotatable bonds is 7. The fourth-order valence-electron chi connectivity index (χ4n) is 6.36. The summed E-state index contributed by atoms with van der Waals surface area (Å²) < 4.78 is 44.6. The molecule has 0 radical (unpaired) electrons. The second-order valence-electron chi connectivity index (χ2n) is 10.8. The average Bonchev–Trinajstić information content (AvgIpc) is 3.54. The second kappa shape index (κ2) is 10.3. The highest BCUT2D eigenvalue weighted by Crippen LogP contribution is 2.48.